The van der Waals surface area contributed by atoms with E-state index in [1.807, 2.05) is 0 Å². The number of amides is 1. The molecule has 1 fully saturated rings. The minimum atomic E-state index is -0.599. The summed E-state index contributed by atoms with van der Waals surface area (Å²) < 4.78 is 0. The number of hydrogen-bond acceptors (Lipinski definition) is 2. The van der Waals surface area contributed by atoms with Crippen LogP contribution in [0.1, 0.15) is 78.6 Å². The average molecular weight is 268 g/mol. The van der Waals surface area contributed by atoms with Gasteiger partial charge in [0.15, 0.2) is 0 Å². The minimum Gasteiger partial charge on any atom is -0.354 e. The van der Waals surface area contributed by atoms with Crippen LogP contribution in [-0.4, -0.2) is 18.0 Å². The summed E-state index contributed by atoms with van der Waals surface area (Å²) in [4.78, 5) is 12.3. The van der Waals surface area contributed by atoms with E-state index in [0.717, 1.165) is 32.2 Å². The summed E-state index contributed by atoms with van der Waals surface area (Å²) in [6, 6.07) is 0. The van der Waals surface area contributed by atoms with Crippen LogP contribution in [0.2, 0.25) is 0 Å². The third-order valence-corrected chi connectivity index (χ3v) is 4.38. The summed E-state index contributed by atoms with van der Waals surface area (Å²) in [6.07, 6.45) is 10.0. The molecule has 19 heavy (non-hydrogen) atoms. The van der Waals surface area contributed by atoms with Gasteiger partial charge < -0.3 is 11.1 Å². The Kier molecular flexibility index (Phi) is 6.31. The van der Waals surface area contributed by atoms with Gasteiger partial charge in [0.1, 0.15) is 0 Å². The van der Waals surface area contributed by atoms with Crippen molar-refractivity contribution in [1.82, 2.24) is 5.32 Å². The summed E-state index contributed by atoms with van der Waals surface area (Å²) in [5.41, 5.74) is 5.82. The summed E-state index contributed by atoms with van der Waals surface area (Å²) in [5.74, 6) is 0.0655. The van der Waals surface area contributed by atoms with Crippen molar-refractivity contribution in [2.45, 2.75) is 84.1 Å². The fraction of sp³-hybridized carbons (Fsp3) is 0.938. The highest BCUT2D eigenvalue weighted by atomic mass is 16.2. The predicted molar refractivity (Wildman–Crippen MR) is 80.9 cm³/mol. The molecule has 0 radical (unpaired) electrons. The van der Waals surface area contributed by atoms with Crippen LogP contribution in [0.15, 0.2) is 0 Å². The van der Waals surface area contributed by atoms with Gasteiger partial charge in [-0.2, -0.15) is 0 Å². The van der Waals surface area contributed by atoms with E-state index >= 15 is 0 Å². The van der Waals surface area contributed by atoms with Gasteiger partial charge in [0.25, 0.3) is 0 Å². The zero-order valence-electron chi connectivity index (χ0n) is 13.1. The van der Waals surface area contributed by atoms with Gasteiger partial charge in [0.05, 0.1) is 5.54 Å². The molecule has 0 saturated heterocycles. The lowest BCUT2D eigenvalue weighted by molar-refractivity contribution is -0.128. The quantitative estimate of drug-likeness (QED) is 0.696. The topological polar surface area (TPSA) is 55.1 Å². The standard InChI is InChI=1S/C16H32N2O/c1-4-5-7-10-15(2,3)13-18-14(19)16(17)11-8-6-9-12-16/h4-13,17H2,1-3H3,(H,18,19). The monoisotopic (exact) mass is 268 g/mol. The van der Waals surface area contributed by atoms with Crippen molar-refractivity contribution in [1.29, 1.82) is 0 Å². The van der Waals surface area contributed by atoms with Crippen molar-refractivity contribution in [2.75, 3.05) is 6.54 Å². The van der Waals surface area contributed by atoms with Gasteiger partial charge in [-0.1, -0.05) is 59.3 Å². The summed E-state index contributed by atoms with van der Waals surface area (Å²) >= 11 is 0. The van der Waals surface area contributed by atoms with Crippen molar-refractivity contribution < 1.29 is 4.79 Å². The molecule has 1 aliphatic rings. The van der Waals surface area contributed by atoms with Crippen molar-refractivity contribution in [3.63, 3.8) is 0 Å². The molecule has 0 aromatic heterocycles. The zero-order valence-corrected chi connectivity index (χ0v) is 13.1. The maximum atomic E-state index is 12.3. The molecule has 1 amide bonds. The van der Waals surface area contributed by atoms with Gasteiger partial charge in [0, 0.05) is 6.54 Å². The SMILES string of the molecule is CCCCCC(C)(C)CNC(=O)C1(N)CCCCC1. The lowest BCUT2D eigenvalue weighted by Gasteiger charge is -2.33. The first-order chi connectivity index (χ1) is 8.90. The highest BCUT2D eigenvalue weighted by Crippen LogP contribution is 2.27. The van der Waals surface area contributed by atoms with Gasteiger partial charge in [0.2, 0.25) is 5.91 Å². The number of nitrogens with one attached hydrogen (secondary N) is 1. The molecule has 0 aromatic rings. The second kappa shape index (κ2) is 7.28. The maximum absolute atomic E-state index is 12.3. The lowest BCUT2D eigenvalue weighted by atomic mass is 9.81. The molecule has 3 nitrogen and oxygen atoms in total. The first-order valence-corrected chi connectivity index (χ1v) is 7.97. The van der Waals surface area contributed by atoms with Gasteiger partial charge in [-0.3, -0.25) is 4.79 Å². The van der Waals surface area contributed by atoms with Crippen molar-refractivity contribution in [3.8, 4) is 0 Å². The highest BCUT2D eigenvalue weighted by molar-refractivity contribution is 5.86. The summed E-state index contributed by atoms with van der Waals surface area (Å²) in [7, 11) is 0. The Labute approximate surface area is 118 Å². The summed E-state index contributed by atoms with van der Waals surface area (Å²) in [6.45, 7) is 7.42. The molecule has 112 valence electrons. The molecule has 0 aliphatic heterocycles. The van der Waals surface area contributed by atoms with Crippen LogP contribution < -0.4 is 11.1 Å². The zero-order chi connectivity index (χ0) is 14.4. The molecule has 0 heterocycles. The average Bonchev–Trinajstić information content (AvgIpc) is 2.37. The molecule has 3 N–H and O–H groups in total. The van der Waals surface area contributed by atoms with Crippen LogP contribution in [0.5, 0.6) is 0 Å². The number of hydrogen-bond donors (Lipinski definition) is 2. The van der Waals surface area contributed by atoms with Gasteiger partial charge in [-0.05, 0) is 24.7 Å². The van der Waals surface area contributed by atoms with E-state index in [9.17, 15) is 4.79 Å². The Morgan fingerprint density at radius 2 is 1.84 bits per heavy atom. The van der Waals surface area contributed by atoms with Crippen molar-refractivity contribution >= 4 is 5.91 Å². The van der Waals surface area contributed by atoms with E-state index in [4.69, 9.17) is 5.73 Å². The second-order valence-corrected chi connectivity index (χ2v) is 7.02. The summed E-state index contributed by atoms with van der Waals surface area (Å²) in [5, 5.41) is 3.10. The molecule has 3 heteroatoms. The van der Waals surface area contributed by atoms with Crippen LogP contribution in [0.3, 0.4) is 0 Å². The van der Waals surface area contributed by atoms with Gasteiger partial charge >= 0.3 is 0 Å². The first-order valence-electron chi connectivity index (χ1n) is 7.97. The van der Waals surface area contributed by atoms with Crippen LogP contribution in [0, 0.1) is 5.41 Å². The van der Waals surface area contributed by atoms with E-state index in [2.05, 4.69) is 26.1 Å². The number of unbranched alkanes of at least 4 members (excludes halogenated alkanes) is 2. The van der Waals surface area contributed by atoms with E-state index in [1.54, 1.807) is 0 Å². The van der Waals surface area contributed by atoms with Crippen LogP contribution in [0.4, 0.5) is 0 Å². The van der Waals surface area contributed by atoms with Crippen LogP contribution in [0.25, 0.3) is 0 Å². The van der Waals surface area contributed by atoms with E-state index in [1.165, 1.54) is 32.1 Å². The van der Waals surface area contributed by atoms with E-state index < -0.39 is 5.54 Å². The number of rotatable bonds is 7. The largest absolute Gasteiger partial charge is 0.354 e. The van der Waals surface area contributed by atoms with E-state index in [-0.39, 0.29) is 11.3 Å². The number of carbonyl (C=O) groups excluding carboxylic acids is 1. The lowest BCUT2D eigenvalue weighted by Crippen LogP contribution is -2.56. The van der Waals surface area contributed by atoms with Crippen molar-refractivity contribution in [2.24, 2.45) is 11.1 Å². The Morgan fingerprint density at radius 3 is 2.42 bits per heavy atom. The third-order valence-electron chi connectivity index (χ3n) is 4.38. The molecule has 0 bridgehead atoms. The van der Waals surface area contributed by atoms with Gasteiger partial charge in [-0.15, -0.1) is 0 Å². The molecule has 0 unspecified atom stereocenters. The van der Waals surface area contributed by atoms with Crippen molar-refractivity contribution in [3.05, 3.63) is 0 Å². The fourth-order valence-electron chi connectivity index (χ4n) is 2.85. The Bertz CT molecular complexity index is 280. The third kappa shape index (κ3) is 5.52. The smallest absolute Gasteiger partial charge is 0.240 e. The van der Waals surface area contributed by atoms with E-state index in [0.29, 0.717) is 0 Å². The Morgan fingerprint density at radius 1 is 1.21 bits per heavy atom. The molecule has 1 rings (SSSR count). The molecule has 0 spiro atoms. The molecular formula is C16H32N2O. The van der Waals surface area contributed by atoms with Crippen LogP contribution >= 0.6 is 0 Å². The Balaban J connectivity index is 2.35. The second-order valence-electron chi connectivity index (χ2n) is 7.02. The number of carbonyl (C=O) groups is 1. The maximum Gasteiger partial charge on any atom is 0.240 e. The molecule has 0 atom stereocenters. The highest BCUT2D eigenvalue weighted by Gasteiger charge is 2.35. The first kappa shape index (κ1) is 16.5. The minimum absolute atomic E-state index is 0.0655. The molecule has 0 aromatic carbocycles. The van der Waals surface area contributed by atoms with Crippen LogP contribution in [-0.2, 0) is 4.79 Å². The Hall–Kier alpha value is -0.570. The number of nitrogens with two attached hydrogens (primary N) is 1. The fourth-order valence-corrected chi connectivity index (χ4v) is 2.85. The van der Waals surface area contributed by atoms with Gasteiger partial charge in [-0.25, -0.2) is 0 Å². The molecular weight excluding hydrogens is 236 g/mol. The molecule has 1 aliphatic carbocycles. The predicted octanol–water partition coefficient (Wildman–Crippen LogP) is 3.37. The normalized spacial score (nSPS) is 19.2. The molecule has 1 saturated carbocycles.